The number of aliphatic hydroxyl groups is 1. The first-order chi connectivity index (χ1) is 10.7. The largest absolute Gasteiger partial charge is 0.486 e. The SMILES string of the molecule is O=C(Cn1nnnc1COc1ccc(Cl)cc1)NCCCO. The van der Waals surface area contributed by atoms with Gasteiger partial charge in [0.15, 0.2) is 5.82 Å². The zero-order chi connectivity index (χ0) is 15.8. The van der Waals surface area contributed by atoms with Crippen molar-refractivity contribution in [1.29, 1.82) is 0 Å². The number of carbonyl (C=O) groups is 1. The molecule has 0 fully saturated rings. The van der Waals surface area contributed by atoms with Crippen molar-refractivity contribution < 1.29 is 14.6 Å². The quantitative estimate of drug-likeness (QED) is 0.681. The van der Waals surface area contributed by atoms with E-state index in [0.29, 0.717) is 29.6 Å². The molecule has 1 aromatic carbocycles. The summed E-state index contributed by atoms with van der Waals surface area (Å²) >= 11 is 5.79. The normalized spacial score (nSPS) is 10.5. The van der Waals surface area contributed by atoms with Gasteiger partial charge in [-0.05, 0) is 41.1 Å². The van der Waals surface area contributed by atoms with E-state index in [1.165, 1.54) is 4.68 Å². The maximum Gasteiger partial charge on any atom is 0.241 e. The number of rotatable bonds is 8. The summed E-state index contributed by atoms with van der Waals surface area (Å²) in [6.45, 7) is 0.579. The van der Waals surface area contributed by atoms with Crippen molar-refractivity contribution in [3.8, 4) is 5.75 Å². The molecule has 0 saturated heterocycles. The Morgan fingerprint density at radius 2 is 2.14 bits per heavy atom. The second-order valence-electron chi connectivity index (χ2n) is 4.42. The molecule has 8 nitrogen and oxygen atoms in total. The maximum atomic E-state index is 11.7. The van der Waals surface area contributed by atoms with Crippen LogP contribution >= 0.6 is 11.6 Å². The molecule has 22 heavy (non-hydrogen) atoms. The maximum absolute atomic E-state index is 11.7. The van der Waals surface area contributed by atoms with Crippen LogP contribution in [0.3, 0.4) is 0 Å². The molecular weight excluding hydrogens is 310 g/mol. The van der Waals surface area contributed by atoms with Gasteiger partial charge in [-0.25, -0.2) is 4.68 Å². The van der Waals surface area contributed by atoms with Crippen LogP contribution in [0.2, 0.25) is 5.02 Å². The lowest BCUT2D eigenvalue weighted by molar-refractivity contribution is -0.121. The van der Waals surface area contributed by atoms with Gasteiger partial charge >= 0.3 is 0 Å². The van der Waals surface area contributed by atoms with E-state index >= 15 is 0 Å². The van der Waals surface area contributed by atoms with E-state index in [9.17, 15) is 4.79 Å². The van der Waals surface area contributed by atoms with Gasteiger partial charge in [0.2, 0.25) is 5.91 Å². The van der Waals surface area contributed by atoms with Gasteiger partial charge in [0, 0.05) is 18.2 Å². The summed E-state index contributed by atoms with van der Waals surface area (Å²) in [5.41, 5.74) is 0. The van der Waals surface area contributed by atoms with E-state index < -0.39 is 0 Å². The number of nitrogens with one attached hydrogen (secondary N) is 1. The molecule has 0 aliphatic carbocycles. The molecule has 0 aliphatic heterocycles. The minimum absolute atomic E-state index is 0.00224. The monoisotopic (exact) mass is 325 g/mol. The van der Waals surface area contributed by atoms with Crippen LogP contribution in [-0.2, 0) is 17.9 Å². The van der Waals surface area contributed by atoms with Crippen molar-refractivity contribution in [2.45, 2.75) is 19.6 Å². The summed E-state index contributed by atoms with van der Waals surface area (Å²) < 4.78 is 6.90. The number of aromatic nitrogens is 4. The molecule has 0 unspecified atom stereocenters. The van der Waals surface area contributed by atoms with Crippen LogP contribution in [0.25, 0.3) is 0 Å². The Hall–Kier alpha value is -2.19. The van der Waals surface area contributed by atoms with Gasteiger partial charge < -0.3 is 15.2 Å². The molecule has 1 aromatic heterocycles. The molecule has 0 aliphatic rings. The van der Waals surface area contributed by atoms with Crippen LogP contribution in [0, 0.1) is 0 Å². The van der Waals surface area contributed by atoms with E-state index in [0.717, 1.165) is 0 Å². The Bertz CT molecular complexity index is 602. The van der Waals surface area contributed by atoms with Gasteiger partial charge in [0.1, 0.15) is 18.9 Å². The van der Waals surface area contributed by atoms with Crippen molar-refractivity contribution >= 4 is 17.5 Å². The third-order valence-corrected chi connectivity index (χ3v) is 2.99. The molecule has 9 heteroatoms. The molecule has 2 N–H and O–H groups in total. The highest BCUT2D eigenvalue weighted by atomic mass is 35.5. The Labute approximate surface area is 132 Å². The summed E-state index contributed by atoms with van der Waals surface area (Å²) in [6, 6.07) is 6.90. The summed E-state index contributed by atoms with van der Waals surface area (Å²) in [5, 5.41) is 23.1. The van der Waals surface area contributed by atoms with Crippen molar-refractivity contribution in [3.05, 3.63) is 35.1 Å². The highest BCUT2D eigenvalue weighted by Crippen LogP contribution is 2.16. The number of tetrazole rings is 1. The van der Waals surface area contributed by atoms with Crippen molar-refractivity contribution in [2.75, 3.05) is 13.2 Å². The number of nitrogens with zero attached hydrogens (tertiary/aromatic N) is 4. The van der Waals surface area contributed by atoms with Crippen molar-refractivity contribution in [3.63, 3.8) is 0 Å². The lowest BCUT2D eigenvalue weighted by Crippen LogP contribution is -2.30. The highest BCUT2D eigenvalue weighted by molar-refractivity contribution is 6.30. The predicted octanol–water partition coefficient (Wildman–Crippen LogP) is 0.404. The summed E-state index contributed by atoms with van der Waals surface area (Å²) in [6.07, 6.45) is 0.508. The minimum Gasteiger partial charge on any atom is -0.486 e. The fourth-order valence-electron chi connectivity index (χ4n) is 1.63. The summed E-state index contributed by atoms with van der Waals surface area (Å²) in [7, 11) is 0. The second-order valence-corrected chi connectivity index (χ2v) is 4.86. The Balaban J connectivity index is 1.86. The molecule has 0 spiro atoms. The van der Waals surface area contributed by atoms with E-state index in [2.05, 4.69) is 20.8 Å². The topological polar surface area (TPSA) is 102 Å². The van der Waals surface area contributed by atoms with Gasteiger partial charge in [-0.1, -0.05) is 11.6 Å². The minimum atomic E-state index is -0.228. The average molecular weight is 326 g/mol. The Morgan fingerprint density at radius 1 is 1.36 bits per heavy atom. The van der Waals surface area contributed by atoms with Gasteiger partial charge in [-0.3, -0.25) is 4.79 Å². The Morgan fingerprint density at radius 3 is 2.86 bits per heavy atom. The smallest absolute Gasteiger partial charge is 0.241 e. The molecule has 0 saturated carbocycles. The van der Waals surface area contributed by atoms with E-state index in [1.807, 2.05) is 0 Å². The van der Waals surface area contributed by atoms with Gasteiger partial charge in [0.05, 0.1) is 0 Å². The van der Waals surface area contributed by atoms with Crippen LogP contribution in [-0.4, -0.2) is 44.4 Å². The standard InChI is InChI=1S/C13H16ClN5O3/c14-10-2-4-11(5-3-10)22-9-12-16-17-18-19(12)8-13(21)15-6-1-7-20/h2-5,20H,1,6-9H2,(H,15,21). The molecular formula is C13H16ClN5O3. The van der Waals surface area contributed by atoms with Crippen LogP contribution < -0.4 is 10.1 Å². The highest BCUT2D eigenvalue weighted by Gasteiger charge is 2.10. The second kappa shape index (κ2) is 8.30. The van der Waals surface area contributed by atoms with Crippen molar-refractivity contribution in [2.24, 2.45) is 0 Å². The number of hydrogen-bond donors (Lipinski definition) is 2. The zero-order valence-electron chi connectivity index (χ0n) is 11.8. The van der Waals surface area contributed by atoms with Gasteiger partial charge in [-0.2, -0.15) is 0 Å². The molecule has 0 radical (unpaired) electrons. The lowest BCUT2D eigenvalue weighted by Gasteiger charge is -2.07. The third-order valence-electron chi connectivity index (χ3n) is 2.74. The van der Waals surface area contributed by atoms with Gasteiger partial charge in [0.25, 0.3) is 0 Å². The molecule has 2 aromatic rings. The first-order valence-corrected chi connectivity index (χ1v) is 7.08. The lowest BCUT2D eigenvalue weighted by atomic mass is 10.3. The van der Waals surface area contributed by atoms with E-state index in [-0.39, 0.29) is 25.7 Å². The van der Waals surface area contributed by atoms with Crippen molar-refractivity contribution in [1.82, 2.24) is 25.5 Å². The fraction of sp³-hybridized carbons (Fsp3) is 0.385. The van der Waals surface area contributed by atoms with E-state index in [4.69, 9.17) is 21.4 Å². The van der Waals surface area contributed by atoms with Gasteiger partial charge in [-0.15, -0.1) is 5.10 Å². The molecule has 1 heterocycles. The number of hydrogen-bond acceptors (Lipinski definition) is 6. The van der Waals surface area contributed by atoms with Crippen LogP contribution in [0.4, 0.5) is 0 Å². The summed E-state index contributed by atoms with van der Waals surface area (Å²) in [4.78, 5) is 11.7. The number of ether oxygens (including phenoxy) is 1. The van der Waals surface area contributed by atoms with Crippen LogP contribution in [0.5, 0.6) is 5.75 Å². The number of halogens is 1. The number of amides is 1. The van der Waals surface area contributed by atoms with Crippen LogP contribution in [0.15, 0.2) is 24.3 Å². The number of carbonyl (C=O) groups excluding carboxylic acids is 1. The summed E-state index contributed by atoms with van der Waals surface area (Å²) in [5.74, 6) is 0.840. The first-order valence-electron chi connectivity index (χ1n) is 6.70. The third kappa shape index (κ3) is 4.97. The first kappa shape index (κ1) is 16.2. The van der Waals surface area contributed by atoms with E-state index in [1.54, 1.807) is 24.3 Å². The molecule has 2 rings (SSSR count). The predicted molar refractivity (Wildman–Crippen MR) is 78.3 cm³/mol. The van der Waals surface area contributed by atoms with Crippen LogP contribution in [0.1, 0.15) is 12.2 Å². The molecule has 118 valence electrons. The Kier molecular flexibility index (Phi) is 6.11. The molecule has 0 bridgehead atoms. The molecule has 0 atom stereocenters. The zero-order valence-corrected chi connectivity index (χ0v) is 12.5. The average Bonchev–Trinajstić information content (AvgIpc) is 2.94. The number of benzene rings is 1. The fourth-order valence-corrected chi connectivity index (χ4v) is 1.75. The molecule has 1 amide bonds. The number of aliphatic hydroxyl groups excluding tert-OH is 1.